The summed E-state index contributed by atoms with van der Waals surface area (Å²) in [5.74, 6) is 0.488. The van der Waals surface area contributed by atoms with Crippen LogP contribution >= 0.6 is 11.3 Å². The molecular weight excluding hydrogens is 252 g/mol. The van der Waals surface area contributed by atoms with Crippen LogP contribution in [0.3, 0.4) is 0 Å². The molecule has 3 heteroatoms. The van der Waals surface area contributed by atoms with Gasteiger partial charge in [-0.05, 0) is 32.4 Å². The van der Waals surface area contributed by atoms with Crippen molar-refractivity contribution in [3.63, 3.8) is 0 Å². The van der Waals surface area contributed by atoms with Gasteiger partial charge in [0.25, 0.3) is 0 Å². The molecule has 1 heterocycles. The third kappa shape index (κ3) is 3.23. The normalized spacial score (nSPS) is 12.9. The van der Waals surface area contributed by atoms with Crippen LogP contribution in [0, 0.1) is 13.8 Å². The highest BCUT2D eigenvalue weighted by atomic mass is 32.1. The topological polar surface area (TPSA) is 24.9 Å². The second-order valence-electron chi connectivity index (χ2n) is 5.41. The number of nitrogens with one attached hydrogen (secondary N) is 1. The van der Waals surface area contributed by atoms with E-state index < -0.39 is 0 Å². The lowest BCUT2D eigenvalue weighted by Gasteiger charge is -2.15. The van der Waals surface area contributed by atoms with Crippen molar-refractivity contribution >= 4 is 11.3 Å². The van der Waals surface area contributed by atoms with E-state index in [2.05, 4.69) is 56.6 Å². The van der Waals surface area contributed by atoms with E-state index in [1.165, 1.54) is 22.4 Å². The van der Waals surface area contributed by atoms with Gasteiger partial charge in [0.05, 0.1) is 11.7 Å². The number of hydrogen-bond acceptors (Lipinski definition) is 3. The molecule has 0 radical (unpaired) electrons. The highest BCUT2D eigenvalue weighted by molar-refractivity contribution is 7.09. The molecule has 0 fully saturated rings. The first-order valence-corrected chi connectivity index (χ1v) is 7.60. The Morgan fingerprint density at radius 3 is 2.21 bits per heavy atom. The zero-order valence-corrected chi connectivity index (χ0v) is 13.1. The average molecular weight is 274 g/mol. The predicted octanol–water partition coefficient (Wildman–Crippen LogP) is 4.19. The molecule has 2 aromatic rings. The van der Waals surface area contributed by atoms with Crippen LogP contribution in [0.2, 0.25) is 0 Å². The SMILES string of the molecule is CNC(c1cc(C)cc(C)c1)c1nc(C(C)C)cs1. The fraction of sp³-hybridized carbons (Fsp3) is 0.438. The van der Waals surface area contributed by atoms with E-state index in [1.807, 2.05) is 7.05 Å². The average Bonchev–Trinajstić information content (AvgIpc) is 2.78. The van der Waals surface area contributed by atoms with Gasteiger partial charge in [0.1, 0.15) is 5.01 Å². The molecule has 0 aliphatic heterocycles. The summed E-state index contributed by atoms with van der Waals surface area (Å²) in [4.78, 5) is 4.77. The van der Waals surface area contributed by atoms with E-state index in [1.54, 1.807) is 11.3 Å². The molecule has 1 N–H and O–H groups in total. The number of aryl methyl sites for hydroxylation is 2. The monoisotopic (exact) mass is 274 g/mol. The summed E-state index contributed by atoms with van der Waals surface area (Å²) in [5, 5.41) is 6.71. The Kier molecular flexibility index (Phi) is 4.38. The minimum absolute atomic E-state index is 0.191. The van der Waals surface area contributed by atoms with Gasteiger partial charge in [0, 0.05) is 5.38 Å². The Morgan fingerprint density at radius 1 is 1.11 bits per heavy atom. The van der Waals surface area contributed by atoms with Gasteiger partial charge < -0.3 is 5.32 Å². The molecule has 1 aromatic carbocycles. The Hall–Kier alpha value is -1.19. The fourth-order valence-corrected chi connectivity index (χ4v) is 3.42. The van der Waals surface area contributed by atoms with Crippen molar-refractivity contribution in [2.45, 2.75) is 39.7 Å². The standard InChI is InChI=1S/C16H22N2S/c1-10(2)14-9-19-16(18-14)15(17-5)13-7-11(3)6-12(4)8-13/h6-10,15,17H,1-5H3. The lowest BCUT2D eigenvalue weighted by atomic mass is 10.0. The van der Waals surface area contributed by atoms with Gasteiger partial charge in [-0.2, -0.15) is 0 Å². The molecule has 19 heavy (non-hydrogen) atoms. The summed E-state index contributed by atoms with van der Waals surface area (Å²) in [7, 11) is 2.00. The second kappa shape index (κ2) is 5.85. The Bertz CT molecular complexity index is 537. The molecule has 1 unspecified atom stereocenters. The zero-order chi connectivity index (χ0) is 14.0. The van der Waals surface area contributed by atoms with Crippen LogP contribution < -0.4 is 5.32 Å². The molecule has 1 atom stereocenters. The van der Waals surface area contributed by atoms with Crippen molar-refractivity contribution in [1.29, 1.82) is 0 Å². The smallest absolute Gasteiger partial charge is 0.114 e. The van der Waals surface area contributed by atoms with E-state index in [0.29, 0.717) is 5.92 Å². The van der Waals surface area contributed by atoms with Crippen molar-refractivity contribution in [3.8, 4) is 0 Å². The van der Waals surface area contributed by atoms with Crippen molar-refractivity contribution < 1.29 is 0 Å². The molecule has 0 aliphatic rings. The first-order valence-electron chi connectivity index (χ1n) is 6.72. The number of rotatable bonds is 4. The maximum atomic E-state index is 4.77. The Morgan fingerprint density at radius 2 is 1.74 bits per heavy atom. The van der Waals surface area contributed by atoms with Crippen molar-refractivity contribution in [2.75, 3.05) is 7.05 Å². The maximum Gasteiger partial charge on any atom is 0.114 e. The largest absolute Gasteiger partial charge is 0.307 e. The lowest BCUT2D eigenvalue weighted by Crippen LogP contribution is -2.18. The van der Waals surface area contributed by atoms with Crippen LogP contribution in [0.15, 0.2) is 23.6 Å². The van der Waals surface area contributed by atoms with Crippen molar-refractivity contribution in [3.05, 3.63) is 51.0 Å². The molecule has 0 bridgehead atoms. The highest BCUT2D eigenvalue weighted by Gasteiger charge is 2.17. The molecule has 102 valence electrons. The van der Waals surface area contributed by atoms with E-state index in [9.17, 15) is 0 Å². The summed E-state index contributed by atoms with van der Waals surface area (Å²) < 4.78 is 0. The Labute approximate surface area is 119 Å². The molecule has 2 rings (SSSR count). The fourth-order valence-electron chi connectivity index (χ4n) is 2.31. The van der Waals surface area contributed by atoms with Gasteiger partial charge in [0.2, 0.25) is 0 Å². The van der Waals surface area contributed by atoms with E-state index in [4.69, 9.17) is 4.98 Å². The molecule has 0 aliphatic carbocycles. The van der Waals surface area contributed by atoms with Gasteiger partial charge in [-0.1, -0.05) is 43.2 Å². The summed E-state index contributed by atoms with van der Waals surface area (Å²) in [6.45, 7) is 8.66. The summed E-state index contributed by atoms with van der Waals surface area (Å²) in [5.41, 5.74) is 5.08. The van der Waals surface area contributed by atoms with Crippen LogP contribution in [0.1, 0.15) is 53.2 Å². The van der Waals surface area contributed by atoms with Gasteiger partial charge in [-0.15, -0.1) is 11.3 Å². The molecule has 0 saturated heterocycles. The third-order valence-electron chi connectivity index (χ3n) is 3.24. The van der Waals surface area contributed by atoms with Gasteiger partial charge in [0.15, 0.2) is 0 Å². The van der Waals surface area contributed by atoms with Crippen molar-refractivity contribution in [2.24, 2.45) is 0 Å². The minimum atomic E-state index is 0.191. The van der Waals surface area contributed by atoms with Gasteiger partial charge in [-0.25, -0.2) is 4.98 Å². The van der Waals surface area contributed by atoms with Gasteiger partial charge >= 0.3 is 0 Å². The van der Waals surface area contributed by atoms with E-state index in [-0.39, 0.29) is 6.04 Å². The molecule has 1 aromatic heterocycles. The number of aromatic nitrogens is 1. The predicted molar refractivity (Wildman–Crippen MR) is 83.0 cm³/mol. The number of thiazole rings is 1. The molecule has 0 saturated carbocycles. The maximum absolute atomic E-state index is 4.77. The molecule has 0 amide bonds. The first kappa shape index (κ1) is 14.2. The minimum Gasteiger partial charge on any atom is -0.307 e. The summed E-state index contributed by atoms with van der Waals surface area (Å²) in [6.07, 6.45) is 0. The molecule has 2 nitrogen and oxygen atoms in total. The summed E-state index contributed by atoms with van der Waals surface area (Å²) in [6, 6.07) is 6.88. The molecule has 0 spiro atoms. The van der Waals surface area contributed by atoms with Crippen LogP contribution in [0.25, 0.3) is 0 Å². The lowest BCUT2D eigenvalue weighted by molar-refractivity contribution is 0.678. The van der Waals surface area contributed by atoms with Gasteiger partial charge in [-0.3, -0.25) is 0 Å². The van der Waals surface area contributed by atoms with E-state index in [0.717, 1.165) is 5.01 Å². The zero-order valence-electron chi connectivity index (χ0n) is 12.3. The van der Waals surface area contributed by atoms with Crippen LogP contribution in [0.5, 0.6) is 0 Å². The third-order valence-corrected chi connectivity index (χ3v) is 4.17. The highest BCUT2D eigenvalue weighted by Crippen LogP contribution is 2.28. The number of benzene rings is 1. The number of hydrogen-bond donors (Lipinski definition) is 1. The van der Waals surface area contributed by atoms with E-state index >= 15 is 0 Å². The first-order chi connectivity index (χ1) is 9.01. The quantitative estimate of drug-likeness (QED) is 0.904. The van der Waals surface area contributed by atoms with Crippen molar-refractivity contribution in [1.82, 2.24) is 10.3 Å². The van der Waals surface area contributed by atoms with Crippen LogP contribution in [0.4, 0.5) is 0 Å². The molecular formula is C16H22N2S. The number of nitrogens with zero attached hydrogens (tertiary/aromatic N) is 1. The van der Waals surface area contributed by atoms with Crippen LogP contribution in [-0.4, -0.2) is 12.0 Å². The van der Waals surface area contributed by atoms with Crippen LogP contribution in [-0.2, 0) is 0 Å². The second-order valence-corrected chi connectivity index (χ2v) is 6.30. The summed E-state index contributed by atoms with van der Waals surface area (Å²) >= 11 is 1.74. The Balaban J connectivity index is 2.37.